The SMILES string of the molecule is CN(C)Cc1cccc(N2CCN(C(=O)c3cc4ccccc4oc3=O)CC2)c1. The maximum Gasteiger partial charge on any atom is 0.349 e. The number of benzene rings is 2. The Labute approximate surface area is 169 Å². The van der Waals surface area contributed by atoms with Crippen molar-refractivity contribution in [1.29, 1.82) is 0 Å². The van der Waals surface area contributed by atoms with Crippen LogP contribution in [0, 0.1) is 0 Å². The molecule has 3 aromatic rings. The molecule has 2 aromatic carbocycles. The summed E-state index contributed by atoms with van der Waals surface area (Å²) in [7, 11) is 4.11. The standard InChI is InChI=1S/C23H25N3O3/c1-24(2)16-17-6-5-8-19(14-17)25-10-12-26(13-11-25)22(27)20-15-18-7-3-4-9-21(18)29-23(20)28/h3-9,14-15H,10-13,16H2,1-2H3. The van der Waals surface area contributed by atoms with Crippen molar-refractivity contribution < 1.29 is 9.21 Å². The van der Waals surface area contributed by atoms with Crippen LogP contribution in [-0.4, -0.2) is 56.0 Å². The third-order valence-electron chi connectivity index (χ3n) is 5.21. The molecule has 1 amide bonds. The normalized spacial score (nSPS) is 14.6. The lowest BCUT2D eigenvalue weighted by atomic mass is 10.1. The summed E-state index contributed by atoms with van der Waals surface area (Å²) in [5.41, 5.74) is 2.45. The number of rotatable bonds is 4. The van der Waals surface area contributed by atoms with Crippen LogP contribution in [-0.2, 0) is 6.54 Å². The van der Waals surface area contributed by atoms with Gasteiger partial charge in [0.25, 0.3) is 5.91 Å². The van der Waals surface area contributed by atoms with Crippen LogP contribution in [0.1, 0.15) is 15.9 Å². The predicted molar refractivity (Wildman–Crippen MR) is 114 cm³/mol. The number of piperazine rings is 1. The molecule has 0 aliphatic carbocycles. The zero-order chi connectivity index (χ0) is 20.4. The molecule has 0 spiro atoms. The van der Waals surface area contributed by atoms with Gasteiger partial charge in [-0.15, -0.1) is 0 Å². The molecule has 0 radical (unpaired) electrons. The van der Waals surface area contributed by atoms with Gasteiger partial charge in [-0.3, -0.25) is 4.79 Å². The van der Waals surface area contributed by atoms with Crippen molar-refractivity contribution in [2.45, 2.75) is 6.54 Å². The molecule has 1 aliphatic rings. The fraction of sp³-hybridized carbons (Fsp3) is 0.304. The number of amides is 1. The molecule has 1 aliphatic heterocycles. The molecule has 0 unspecified atom stereocenters. The number of para-hydroxylation sites is 1. The fourth-order valence-electron chi connectivity index (χ4n) is 3.77. The Morgan fingerprint density at radius 1 is 1.00 bits per heavy atom. The second kappa shape index (κ2) is 8.09. The molecule has 0 atom stereocenters. The van der Waals surface area contributed by atoms with Gasteiger partial charge in [0.1, 0.15) is 11.1 Å². The average Bonchev–Trinajstić information content (AvgIpc) is 2.72. The summed E-state index contributed by atoms with van der Waals surface area (Å²) in [6, 6.07) is 17.4. The zero-order valence-corrected chi connectivity index (χ0v) is 16.8. The lowest BCUT2D eigenvalue weighted by molar-refractivity contribution is 0.0742. The van der Waals surface area contributed by atoms with Crippen LogP contribution in [0.5, 0.6) is 0 Å². The summed E-state index contributed by atoms with van der Waals surface area (Å²) in [5, 5.41) is 0.756. The average molecular weight is 391 g/mol. The topological polar surface area (TPSA) is 57.0 Å². The second-order valence-corrected chi connectivity index (χ2v) is 7.67. The van der Waals surface area contributed by atoms with Crippen LogP contribution >= 0.6 is 0 Å². The second-order valence-electron chi connectivity index (χ2n) is 7.67. The minimum atomic E-state index is -0.576. The molecule has 0 bridgehead atoms. The molecular weight excluding hydrogens is 366 g/mol. The molecule has 0 saturated carbocycles. The number of hydrogen-bond acceptors (Lipinski definition) is 5. The summed E-state index contributed by atoms with van der Waals surface area (Å²) in [6.07, 6.45) is 0. The zero-order valence-electron chi connectivity index (χ0n) is 16.8. The van der Waals surface area contributed by atoms with Crippen molar-refractivity contribution in [3.05, 3.63) is 76.1 Å². The van der Waals surface area contributed by atoms with Crippen molar-refractivity contribution in [1.82, 2.24) is 9.80 Å². The maximum atomic E-state index is 12.9. The van der Waals surface area contributed by atoms with E-state index >= 15 is 0 Å². The van der Waals surface area contributed by atoms with Crippen molar-refractivity contribution >= 4 is 22.6 Å². The van der Waals surface area contributed by atoms with Crippen LogP contribution in [0.25, 0.3) is 11.0 Å². The van der Waals surface area contributed by atoms with Gasteiger partial charge in [-0.25, -0.2) is 4.79 Å². The molecule has 1 fully saturated rings. The first-order valence-electron chi connectivity index (χ1n) is 9.82. The minimum absolute atomic E-state index is 0.102. The first-order valence-corrected chi connectivity index (χ1v) is 9.82. The molecule has 0 N–H and O–H groups in total. The molecule has 6 heteroatoms. The van der Waals surface area contributed by atoms with E-state index in [4.69, 9.17) is 4.42 Å². The van der Waals surface area contributed by atoms with Gasteiger partial charge in [-0.1, -0.05) is 30.3 Å². The Hall–Kier alpha value is -3.12. The summed E-state index contributed by atoms with van der Waals surface area (Å²) >= 11 is 0. The highest BCUT2D eigenvalue weighted by Crippen LogP contribution is 2.20. The van der Waals surface area contributed by atoms with E-state index in [-0.39, 0.29) is 11.5 Å². The van der Waals surface area contributed by atoms with E-state index in [1.54, 1.807) is 23.1 Å². The Morgan fingerprint density at radius 3 is 2.52 bits per heavy atom. The molecule has 150 valence electrons. The summed E-state index contributed by atoms with van der Waals surface area (Å²) in [6.45, 7) is 3.50. The third-order valence-corrected chi connectivity index (χ3v) is 5.21. The minimum Gasteiger partial charge on any atom is -0.422 e. The van der Waals surface area contributed by atoms with Crippen molar-refractivity contribution in [3.8, 4) is 0 Å². The lowest BCUT2D eigenvalue weighted by Crippen LogP contribution is -2.49. The Kier molecular flexibility index (Phi) is 5.36. The summed E-state index contributed by atoms with van der Waals surface area (Å²) in [5.74, 6) is -0.259. The first kappa shape index (κ1) is 19.2. The maximum absolute atomic E-state index is 12.9. The van der Waals surface area contributed by atoms with E-state index in [2.05, 4.69) is 48.2 Å². The van der Waals surface area contributed by atoms with E-state index in [1.165, 1.54) is 11.3 Å². The van der Waals surface area contributed by atoms with E-state index in [0.29, 0.717) is 18.7 Å². The fourth-order valence-corrected chi connectivity index (χ4v) is 3.77. The van der Waals surface area contributed by atoms with Gasteiger partial charge in [-0.05, 0) is 43.9 Å². The lowest BCUT2D eigenvalue weighted by Gasteiger charge is -2.36. The molecular formula is C23H25N3O3. The van der Waals surface area contributed by atoms with Gasteiger partial charge in [0, 0.05) is 43.8 Å². The van der Waals surface area contributed by atoms with Gasteiger partial charge in [0.15, 0.2) is 0 Å². The number of carbonyl (C=O) groups is 1. The number of carbonyl (C=O) groups excluding carboxylic acids is 1. The highest BCUT2D eigenvalue weighted by Gasteiger charge is 2.25. The van der Waals surface area contributed by atoms with Crippen molar-refractivity contribution in [3.63, 3.8) is 0 Å². The quantitative estimate of drug-likeness (QED) is 0.640. The summed E-state index contributed by atoms with van der Waals surface area (Å²) in [4.78, 5) is 31.4. The van der Waals surface area contributed by atoms with Crippen LogP contribution < -0.4 is 10.5 Å². The molecule has 6 nitrogen and oxygen atoms in total. The van der Waals surface area contributed by atoms with Gasteiger partial charge < -0.3 is 19.1 Å². The molecule has 1 aromatic heterocycles. The molecule has 1 saturated heterocycles. The number of nitrogens with zero attached hydrogens (tertiary/aromatic N) is 3. The van der Waals surface area contributed by atoms with Crippen LogP contribution in [0.15, 0.2) is 63.8 Å². The van der Waals surface area contributed by atoms with E-state index in [1.807, 2.05) is 12.1 Å². The van der Waals surface area contributed by atoms with Crippen LogP contribution in [0.4, 0.5) is 5.69 Å². The van der Waals surface area contributed by atoms with Crippen molar-refractivity contribution in [2.24, 2.45) is 0 Å². The molecule has 4 rings (SSSR count). The van der Waals surface area contributed by atoms with E-state index in [9.17, 15) is 9.59 Å². The smallest absolute Gasteiger partial charge is 0.349 e. The molecule has 2 heterocycles. The highest BCUT2D eigenvalue weighted by molar-refractivity contribution is 5.96. The van der Waals surface area contributed by atoms with Gasteiger partial charge >= 0.3 is 5.63 Å². The van der Waals surface area contributed by atoms with E-state index < -0.39 is 5.63 Å². The van der Waals surface area contributed by atoms with E-state index in [0.717, 1.165) is 25.0 Å². The number of anilines is 1. The third kappa shape index (κ3) is 4.17. The number of fused-ring (bicyclic) bond motifs is 1. The van der Waals surface area contributed by atoms with Crippen LogP contribution in [0.2, 0.25) is 0 Å². The Morgan fingerprint density at radius 2 is 1.76 bits per heavy atom. The largest absolute Gasteiger partial charge is 0.422 e. The van der Waals surface area contributed by atoms with Crippen LogP contribution in [0.3, 0.4) is 0 Å². The van der Waals surface area contributed by atoms with Crippen molar-refractivity contribution in [2.75, 3.05) is 45.2 Å². The predicted octanol–water partition coefficient (Wildman–Crippen LogP) is 2.82. The van der Waals surface area contributed by atoms with Gasteiger partial charge in [-0.2, -0.15) is 0 Å². The highest BCUT2D eigenvalue weighted by atomic mass is 16.4. The Balaban J connectivity index is 1.47. The molecule has 29 heavy (non-hydrogen) atoms. The van der Waals surface area contributed by atoms with Gasteiger partial charge in [0.2, 0.25) is 0 Å². The summed E-state index contributed by atoms with van der Waals surface area (Å²) < 4.78 is 5.32. The van der Waals surface area contributed by atoms with Gasteiger partial charge in [0.05, 0.1) is 0 Å². The Bertz CT molecular complexity index is 1080. The first-order chi connectivity index (χ1) is 14.0. The monoisotopic (exact) mass is 391 g/mol. The number of hydrogen-bond donors (Lipinski definition) is 0.